The van der Waals surface area contributed by atoms with Crippen molar-refractivity contribution in [2.75, 3.05) is 6.61 Å². The molecule has 0 aromatic rings. The Morgan fingerprint density at radius 3 is 2.37 bits per heavy atom. The van der Waals surface area contributed by atoms with E-state index in [0.717, 1.165) is 70.2 Å². The molecule has 0 unspecified atom stereocenters. The van der Waals surface area contributed by atoms with Crippen molar-refractivity contribution in [2.24, 2.45) is 5.92 Å². The fraction of sp³-hybridized carbons (Fsp3) is 0.773. The molecule has 2 saturated carbocycles. The Kier molecular flexibility index (Phi) is 9.92. The van der Waals surface area contributed by atoms with Gasteiger partial charge in [-0.2, -0.15) is 0 Å². The first-order valence-corrected chi connectivity index (χ1v) is 10.7. The van der Waals surface area contributed by atoms with E-state index in [1.165, 1.54) is 30.9 Å². The molecule has 0 radical (unpaired) electrons. The van der Waals surface area contributed by atoms with Crippen molar-refractivity contribution >= 4 is 5.97 Å². The molecule has 0 heterocycles. The molecule has 27 heavy (non-hydrogen) atoms. The highest BCUT2D eigenvalue weighted by Gasteiger charge is 2.30. The van der Waals surface area contributed by atoms with Crippen molar-refractivity contribution in [3.05, 3.63) is 24.0 Å². The lowest BCUT2D eigenvalue weighted by atomic mass is 9.81. The van der Waals surface area contributed by atoms with Crippen molar-refractivity contribution < 1.29 is 24.4 Å². The summed E-state index contributed by atoms with van der Waals surface area (Å²) in [6.07, 6.45) is 13.6. The summed E-state index contributed by atoms with van der Waals surface area (Å²) in [5.74, 6) is 0.668. The minimum Gasteiger partial charge on any atom is -0.459 e. The van der Waals surface area contributed by atoms with Gasteiger partial charge in [0.2, 0.25) is 0 Å². The molecule has 1 N–H and O–H groups in total. The summed E-state index contributed by atoms with van der Waals surface area (Å²) in [6.45, 7) is 6.52. The quantitative estimate of drug-likeness (QED) is 0.134. The van der Waals surface area contributed by atoms with Gasteiger partial charge in [-0.15, -0.1) is 0 Å². The molecule has 0 saturated heterocycles. The predicted molar refractivity (Wildman–Crippen MR) is 105 cm³/mol. The average molecular weight is 381 g/mol. The van der Waals surface area contributed by atoms with E-state index in [4.69, 9.17) is 14.4 Å². The molecule has 2 rings (SSSR count). The minimum atomic E-state index is -0.362. The van der Waals surface area contributed by atoms with E-state index in [-0.39, 0.29) is 18.0 Å². The van der Waals surface area contributed by atoms with E-state index in [2.05, 4.69) is 13.5 Å². The average Bonchev–Trinajstić information content (AvgIpc) is 2.70. The molecule has 2 aliphatic carbocycles. The van der Waals surface area contributed by atoms with Crippen LogP contribution in [-0.2, 0) is 19.2 Å². The van der Waals surface area contributed by atoms with Crippen molar-refractivity contribution in [1.82, 2.24) is 0 Å². The number of hydrogen-bond donors (Lipinski definition) is 1. The van der Waals surface area contributed by atoms with Gasteiger partial charge in [0.05, 0.1) is 6.10 Å². The van der Waals surface area contributed by atoms with E-state index < -0.39 is 0 Å². The summed E-state index contributed by atoms with van der Waals surface area (Å²) < 4.78 is 11.3. The van der Waals surface area contributed by atoms with Crippen LogP contribution >= 0.6 is 0 Å². The lowest BCUT2D eigenvalue weighted by molar-refractivity contribution is -0.215. The summed E-state index contributed by atoms with van der Waals surface area (Å²) in [4.78, 5) is 16.2. The molecule has 5 heteroatoms. The largest absolute Gasteiger partial charge is 0.459 e. The van der Waals surface area contributed by atoms with Gasteiger partial charge in [-0.05, 0) is 63.4 Å². The number of carbonyl (C=O) groups excluding carboxylic acids is 1. The first-order valence-electron chi connectivity index (χ1n) is 10.7. The molecule has 0 atom stereocenters. The van der Waals surface area contributed by atoms with E-state index in [0.29, 0.717) is 6.10 Å². The number of unbranched alkanes of at least 4 members (excludes halogenated alkanes) is 3. The van der Waals surface area contributed by atoms with Crippen LogP contribution in [0, 0.1) is 5.92 Å². The zero-order valence-electron chi connectivity index (χ0n) is 16.8. The molecule has 0 amide bonds. The van der Waals surface area contributed by atoms with Crippen LogP contribution in [0.15, 0.2) is 24.0 Å². The van der Waals surface area contributed by atoms with Gasteiger partial charge in [-0.25, -0.2) is 10.1 Å². The fourth-order valence-electron chi connectivity index (χ4n) is 4.21. The molecule has 2 fully saturated rings. The van der Waals surface area contributed by atoms with E-state index in [1.54, 1.807) is 0 Å². The molecule has 0 aromatic heterocycles. The van der Waals surface area contributed by atoms with E-state index >= 15 is 0 Å². The molecule has 0 aromatic carbocycles. The number of esters is 1. The van der Waals surface area contributed by atoms with Crippen LogP contribution in [0.1, 0.15) is 84.0 Å². The third kappa shape index (κ3) is 7.30. The Hall–Kier alpha value is -1.33. The molecule has 0 aliphatic heterocycles. The third-order valence-electron chi connectivity index (χ3n) is 5.83. The second-order valence-corrected chi connectivity index (χ2v) is 7.80. The molecule has 5 nitrogen and oxygen atoms in total. The summed E-state index contributed by atoms with van der Waals surface area (Å²) in [5, 5.41) is 9.48. The monoisotopic (exact) mass is 380 g/mol. The molecular weight excluding hydrogens is 344 g/mol. The van der Waals surface area contributed by atoms with Gasteiger partial charge in [0.1, 0.15) is 11.9 Å². The third-order valence-corrected chi connectivity index (χ3v) is 5.83. The van der Waals surface area contributed by atoms with E-state index in [9.17, 15) is 10.1 Å². The van der Waals surface area contributed by atoms with Gasteiger partial charge in [-0.1, -0.05) is 32.8 Å². The van der Waals surface area contributed by atoms with Crippen LogP contribution in [0.25, 0.3) is 0 Å². The molecule has 0 bridgehead atoms. The SMILES string of the molecule is C=CC(=O)OC1CCC(=C(OO)C2CCC(OCCCCCC)CC2)CC1. The number of ether oxygens (including phenoxy) is 2. The van der Waals surface area contributed by atoms with Crippen molar-refractivity contribution in [3.8, 4) is 0 Å². The second-order valence-electron chi connectivity index (χ2n) is 7.80. The van der Waals surface area contributed by atoms with Gasteiger partial charge >= 0.3 is 5.97 Å². The van der Waals surface area contributed by atoms with Crippen LogP contribution in [-0.4, -0.2) is 30.0 Å². The number of allylic oxidation sites excluding steroid dienone is 2. The maximum atomic E-state index is 11.3. The highest BCUT2D eigenvalue weighted by molar-refractivity contribution is 5.81. The summed E-state index contributed by atoms with van der Waals surface area (Å²) in [5.41, 5.74) is 1.17. The lowest BCUT2D eigenvalue weighted by Gasteiger charge is -2.31. The zero-order valence-corrected chi connectivity index (χ0v) is 16.8. The zero-order chi connectivity index (χ0) is 19.5. The predicted octanol–water partition coefficient (Wildman–Crippen LogP) is 5.56. The standard InChI is InChI=1S/C22H36O5/c1-3-5-6-7-16-25-19-12-8-17(9-13-19)22(27-24)18-10-14-20(15-11-18)26-21(23)4-2/h4,17,19-20,24H,2-3,5-16H2,1H3. The smallest absolute Gasteiger partial charge is 0.330 e. The van der Waals surface area contributed by atoms with Gasteiger partial charge in [0.15, 0.2) is 0 Å². The van der Waals surface area contributed by atoms with Gasteiger partial charge in [0.25, 0.3) is 0 Å². The Labute approximate surface area is 163 Å². The Morgan fingerprint density at radius 1 is 1.07 bits per heavy atom. The maximum absolute atomic E-state index is 11.3. The first kappa shape index (κ1) is 22.0. The summed E-state index contributed by atoms with van der Waals surface area (Å²) >= 11 is 0. The topological polar surface area (TPSA) is 65.0 Å². The van der Waals surface area contributed by atoms with Crippen LogP contribution in [0.3, 0.4) is 0 Å². The van der Waals surface area contributed by atoms with Crippen molar-refractivity contribution in [3.63, 3.8) is 0 Å². The number of carbonyl (C=O) groups is 1. The number of rotatable bonds is 10. The summed E-state index contributed by atoms with van der Waals surface area (Å²) in [6, 6.07) is 0. The van der Waals surface area contributed by atoms with Crippen LogP contribution < -0.4 is 0 Å². The van der Waals surface area contributed by atoms with Gasteiger partial charge in [-0.3, -0.25) is 0 Å². The molecule has 0 spiro atoms. The van der Waals surface area contributed by atoms with E-state index in [1.807, 2.05) is 0 Å². The second kappa shape index (κ2) is 12.2. The highest BCUT2D eigenvalue weighted by Crippen LogP contribution is 2.37. The van der Waals surface area contributed by atoms with Crippen molar-refractivity contribution in [1.29, 1.82) is 0 Å². The van der Waals surface area contributed by atoms with Crippen LogP contribution in [0.5, 0.6) is 0 Å². The summed E-state index contributed by atoms with van der Waals surface area (Å²) in [7, 11) is 0. The molecule has 2 aliphatic rings. The van der Waals surface area contributed by atoms with Crippen molar-refractivity contribution in [2.45, 2.75) is 96.2 Å². The van der Waals surface area contributed by atoms with Crippen LogP contribution in [0.2, 0.25) is 0 Å². The van der Waals surface area contributed by atoms with Gasteiger partial charge < -0.3 is 14.4 Å². The minimum absolute atomic E-state index is 0.0592. The normalized spacial score (nSPS) is 25.7. The lowest BCUT2D eigenvalue weighted by Crippen LogP contribution is -2.26. The maximum Gasteiger partial charge on any atom is 0.330 e. The Bertz CT molecular complexity index is 481. The fourth-order valence-corrected chi connectivity index (χ4v) is 4.21. The number of hydrogen-bond acceptors (Lipinski definition) is 5. The Morgan fingerprint density at radius 2 is 1.78 bits per heavy atom. The molecule has 154 valence electrons. The highest BCUT2D eigenvalue weighted by atomic mass is 17.1. The Balaban J connectivity index is 1.75. The first-order chi connectivity index (χ1) is 13.2. The van der Waals surface area contributed by atoms with Crippen LogP contribution in [0.4, 0.5) is 0 Å². The molecular formula is C22H36O5. The van der Waals surface area contributed by atoms with Gasteiger partial charge in [0, 0.05) is 18.6 Å².